The van der Waals surface area contributed by atoms with E-state index in [4.69, 9.17) is 40.1 Å². The molecule has 0 heterocycles. The summed E-state index contributed by atoms with van der Waals surface area (Å²) in [5.74, 6) is -8.75. The van der Waals surface area contributed by atoms with Gasteiger partial charge in [0.05, 0.1) is 0 Å². The van der Waals surface area contributed by atoms with Crippen LogP contribution >= 0.6 is 0 Å². The summed E-state index contributed by atoms with van der Waals surface area (Å²) < 4.78 is 0. The Labute approximate surface area is 584 Å². The lowest BCUT2D eigenvalue weighted by atomic mass is 9.99. The molecule has 0 aliphatic rings. The maximum atomic E-state index is 14.5. The average Bonchev–Trinajstić information content (AvgIpc) is 0.872. The molecule has 0 saturated carbocycles. The first-order chi connectivity index (χ1) is 46.3. The number of unbranched alkanes of at least 4 members (excludes halogenated alkanes) is 4. The molecule has 0 aliphatic carbocycles. The van der Waals surface area contributed by atoms with Crippen LogP contribution in [-0.4, -0.2) is 177 Å². The lowest BCUT2D eigenvalue weighted by molar-refractivity contribution is -0.136. The van der Waals surface area contributed by atoms with E-state index in [1.54, 1.807) is 0 Å². The number of nitrogens with one attached hydrogen (secondary N) is 11. The van der Waals surface area contributed by atoms with Crippen LogP contribution in [0.1, 0.15) is 224 Å². The van der Waals surface area contributed by atoms with E-state index >= 15 is 0 Å². The van der Waals surface area contributed by atoms with Gasteiger partial charge in [0.2, 0.25) is 70.9 Å². The molecular formula is C68H132N18O12. The predicted octanol–water partition coefficient (Wildman–Crippen LogP) is -0.171. The highest BCUT2D eigenvalue weighted by Crippen LogP contribution is 2.16. The van der Waals surface area contributed by atoms with Gasteiger partial charge in [0.15, 0.2) is 0 Å². The summed E-state index contributed by atoms with van der Waals surface area (Å²) in [6.45, 7) is 21.5. The second-order valence-electron chi connectivity index (χ2n) is 28.0. The third-order valence-corrected chi connectivity index (χ3v) is 16.2. The molecule has 0 unspecified atom stereocenters. The Morgan fingerprint density at radius 1 is 0.245 bits per heavy atom. The number of amides is 12. The molecule has 0 aromatic heterocycles. The SMILES string of the molecule is CCCCCCCC(=O)N[C@@H](CC(C)C)C(=O)N[C@@H](CCCN)C(=O)N[C@@H](CCCN)C(=O)N[C@@H](CC(C)C)C(=O)N[C@@H](CC(C)C)C(=O)N[C@@H](CCCN)C(=O)N[C@@H](CCCN)C(=O)N[C@@H](CC(C)C)C(=O)N[C@@H](CCCN)C(=O)N[C@@H](CCCN)C(=O)N[C@@H](CC(C)C)C(N)=O. The Bertz CT molecular complexity index is 2400. The fourth-order valence-electron chi connectivity index (χ4n) is 11.0. The Balaban J connectivity index is 6.92. The van der Waals surface area contributed by atoms with E-state index in [0.717, 1.165) is 25.7 Å². The molecule has 0 spiro atoms. The number of rotatable bonds is 56. The van der Waals surface area contributed by atoms with Gasteiger partial charge in [0, 0.05) is 6.42 Å². The molecule has 0 radical (unpaired) electrons. The van der Waals surface area contributed by atoms with Gasteiger partial charge in [-0.25, -0.2) is 0 Å². The van der Waals surface area contributed by atoms with Gasteiger partial charge in [-0.2, -0.15) is 0 Å². The van der Waals surface area contributed by atoms with Crippen LogP contribution in [0.5, 0.6) is 0 Å². The van der Waals surface area contributed by atoms with Gasteiger partial charge in [0.25, 0.3) is 0 Å². The lowest BCUT2D eigenvalue weighted by Crippen LogP contribution is -2.61. The van der Waals surface area contributed by atoms with Crippen molar-refractivity contribution in [3.8, 4) is 0 Å². The molecular weight excluding hydrogens is 1260 g/mol. The number of hydrogen-bond donors (Lipinski definition) is 18. The lowest BCUT2D eigenvalue weighted by Gasteiger charge is -2.29. The Morgan fingerprint density at radius 3 is 0.633 bits per heavy atom. The van der Waals surface area contributed by atoms with Crippen molar-refractivity contribution in [2.45, 2.75) is 290 Å². The summed E-state index contributed by atoms with van der Waals surface area (Å²) in [5.41, 5.74) is 40.8. The third-order valence-electron chi connectivity index (χ3n) is 16.2. The number of nitrogens with two attached hydrogens (primary N) is 7. The third kappa shape index (κ3) is 39.9. The zero-order chi connectivity index (χ0) is 74.5. The summed E-state index contributed by atoms with van der Waals surface area (Å²) >= 11 is 0. The Hall–Kier alpha value is -6.60. The summed E-state index contributed by atoms with van der Waals surface area (Å²) in [7, 11) is 0. The highest BCUT2D eigenvalue weighted by molar-refractivity contribution is 5.99. The summed E-state index contributed by atoms with van der Waals surface area (Å²) in [6.07, 6.45) is 7.76. The van der Waals surface area contributed by atoms with E-state index in [9.17, 15) is 57.5 Å². The van der Waals surface area contributed by atoms with Crippen LogP contribution in [0, 0.1) is 29.6 Å². The van der Waals surface area contributed by atoms with Gasteiger partial charge in [-0.3, -0.25) is 57.5 Å². The van der Waals surface area contributed by atoms with E-state index in [0.29, 0.717) is 25.7 Å². The number of carbonyl (C=O) groups is 12. The van der Waals surface area contributed by atoms with E-state index in [-0.39, 0.29) is 171 Å². The second kappa shape index (κ2) is 52.4. The standard InChI is InChI=1S/C68H132N18O12/c1-12-13-14-15-16-29-57(87)76-53(37-42(4)5)65(95)80-46(23-17-30-69)59(89)78-51(28-22-35-74)64(94)85-56(40-45(10)11)68(98)86-55(39-44(8)9)67(97)82-48(25-19-32-71)61(91)79-50(27-21-34-73)63(93)84-54(38-43(6)7)66(96)81-47(24-18-31-70)60(90)77-49(26-20-33-72)62(92)83-52(58(75)88)36-41(2)3/h41-56H,12-40,69-74H2,1-11H3,(H2,75,88)(H,76,87)(H,77,90)(H,78,89)(H,79,91)(H,80,95)(H,81,96)(H,82,97)(H,83,92)(H,84,93)(H,85,94)(H,86,98)/t46-,47-,48-,49-,50-,51-,52-,53-,54-,55-,56-/m0/s1. The van der Waals surface area contributed by atoms with Crippen molar-refractivity contribution in [2.75, 3.05) is 39.3 Å². The highest BCUT2D eigenvalue weighted by atomic mass is 16.2. The van der Waals surface area contributed by atoms with E-state index in [1.807, 2.05) is 69.2 Å². The molecule has 30 heteroatoms. The fourth-order valence-corrected chi connectivity index (χ4v) is 11.0. The molecule has 0 bridgehead atoms. The normalized spacial score (nSPS) is 14.9. The molecule has 30 nitrogen and oxygen atoms in total. The summed E-state index contributed by atoms with van der Waals surface area (Å²) in [5, 5.41) is 30.4. The van der Waals surface area contributed by atoms with Crippen LogP contribution in [0.25, 0.3) is 0 Å². The molecule has 566 valence electrons. The van der Waals surface area contributed by atoms with E-state index < -0.39 is 131 Å². The molecule has 0 aromatic rings. The number of primary amides is 1. The number of carbonyl (C=O) groups excluding carboxylic acids is 12. The summed E-state index contributed by atoms with van der Waals surface area (Å²) in [4.78, 5) is 168. The zero-order valence-corrected chi connectivity index (χ0v) is 61.2. The van der Waals surface area contributed by atoms with Crippen LogP contribution in [0.4, 0.5) is 0 Å². The van der Waals surface area contributed by atoms with Crippen molar-refractivity contribution in [1.82, 2.24) is 58.5 Å². The first kappa shape index (κ1) is 91.4. The molecule has 0 aromatic carbocycles. The van der Waals surface area contributed by atoms with Crippen molar-refractivity contribution < 1.29 is 57.5 Å². The van der Waals surface area contributed by atoms with Gasteiger partial charge in [-0.05, 0) is 184 Å². The van der Waals surface area contributed by atoms with E-state index in [2.05, 4.69) is 65.4 Å². The minimum Gasteiger partial charge on any atom is -0.368 e. The monoisotopic (exact) mass is 1390 g/mol. The minimum atomic E-state index is -1.31. The van der Waals surface area contributed by atoms with E-state index in [1.165, 1.54) is 0 Å². The molecule has 0 fully saturated rings. The molecule has 0 saturated heterocycles. The largest absolute Gasteiger partial charge is 0.368 e. The smallest absolute Gasteiger partial charge is 0.243 e. The fraction of sp³-hybridized carbons (Fsp3) is 0.824. The Morgan fingerprint density at radius 2 is 0.429 bits per heavy atom. The predicted molar refractivity (Wildman–Crippen MR) is 381 cm³/mol. The van der Waals surface area contributed by atoms with Gasteiger partial charge in [0.1, 0.15) is 66.5 Å². The first-order valence-corrected chi connectivity index (χ1v) is 36.2. The quantitative estimate of drug-likeness (QED) is 0.0352. The first-order valence-electron chi connectivity index (χ1n) is 36.2. The zero-order valence-electron chi connectivity index (χ0n) is 61.2. The van der Waals surface area contributed by atoms with Crippen molar-refractivity contribution in [1.29, 1.82) is 0 Å². The second-order valence-corrected chi connectivity index (χ2v) is 28.0. The van der Waals surface area contributed by atoms with Crippen molar-refractivity contribution in [3.63, 3.8) is 0 Å². The minimum absolute atomic E-state index is 0.000403. The maximum absolute atomic E-state index is 14.5. The molecule has 12 amide bonds. The maximum Gasteiger partial charge on any atom is 0.243 e. The van der Waals surface area contributed by atoms with Crippen LogP contribution < -0.4 is 98.6 Å². The number of hydrogen-bond acceptors (Lipinski definition) is 18. The molecule has 11 atom stereocenters. The van der Waals surface area contributed by atoms with Gasteiger partial charge in [-0.1, -0.05) is 102 Å². The molecule has 0 rings (SSSR count). The molecule has 98 heavy (non-hydrogen) atoms. The van der Waals surface area contributed by atoms with Gasteiger partial charge < -0.3 is 98.6 Å². The molecule has 25 N–H and O–H groups in total. The summed E-state index contributed by atoms with van der Waals surface area (Å²) in [6, 6.07) is -13.1. The Kier molecular flexibility index (Phi) is 48.9. The van der Waals surface area contributed by atoms with Crippen LogP contribution in [0.3, 0.4) is 0 Å². The van der Waals surface area contributed by atoms with Gasteiger partial charge >= 0.3 is 0 Å². The van der Waals surface area contributed by atoms with Crippen molar-refractivity contribution in [2.24, 2.45) is 69.7 Å². The topological polar surface area (TPSA) is 519 Å². The van der Waals surface area contributed by atoms with Crippen LogP contribution in [-0.2, 0) is 57.5 Å². The average molecular weight is 1390 g/mol. The van der Waals surface area contributed by atoms with Crippen molar-refractivity contribution in [3.05, 3.63) is 0 Å². The van der Waals surface area contributed by atoms with Crippen LogP contribution in [0.2, 0.25) is 0 Å². The molecule has 0 aliphatic heterocycles. The van der Waals surface area contributed by atoms with Crippen molar-refractivity contribution >= 4 is 70.9 Å². The van der Waals surface area contributed by atoms with Crippen LogP contribution in [0.15, 0.2) is 0 Å². The highest BCUT2D eigenvalue weighted by Gasteiger charge is 2.37. The van der Waals surface area contributed by atoms with Gasteiger partial charge in [-0.15, -0.1) is 0 Å².